The van der Waals surface area contributed by atoms with E-state index in [1.165, 1.54) is 36.4 Å². The number of aliphatic hydroxyl groups excluding tert-OH is 3. The second-order valence-corrected chi connectivity index (χ2v) is 8.18. The molecule has 3 aromatic rings. The molecular weight excluding hydrogens is 468 g/mol. The Morgan fingerprint density at radius 3 is 0.889 bits per heavy atom. The molecule has 1 aliphatic rings. The first-order valence-corrected chi connectivity index (χ1v) is 11.2. The van der Waals surface area contributed by atoms with Gasteiger partial charge in [-0.2, -0.15) is 0 Å². The number of hydrogen-bond acceptors (Lipinski definition) is 9. The van der Waals surface area contributed by atoms with E-state index < -0.39 is 54.5 Å². The van der Waals surface area contributed by atoms with Gasteiger partial charge in [-0.25, -0.2) is 14.4 Å². The molecule has 4 rings (SSSR count). The van der Waals surface area contributed by atoms with E-state index >= 15 is 0 Å². The summed E-state index contributed by atoms with van der Waals surface area (Å²) in [7, 11) is 0. The van der Waals surface area contributed by atoms with Crippen LogP contribution in [0, 0.1) is 0 Å². The quantitative estimate of drug-likeness (QED) is 0.347. The molecule has 1 fully saturated rings. The van der Waals surface area contributed by atoms with Crippen molar-refractivity contribution < 1.29 is 43.9 Å². The topological polar surface area (TPSA) is 140 Å². The highest BCUT2D eigenvalue weighted by molar-refractivity contribution is 5.90. The number of esters is 3. The number of carbonyl (C=O) groups is 3. The zero-order valence-corrected chi connectivity index (χ0v) is 18.9. The van der Waals surface area contributed by atoms with E-state index in [9.17, 15) is 29.7 Å². The normalized spacial score (nSPS) is 25.4. The molecule has 0 heterocycles. The standard InChI is InChI=1S/C27H24O9/c28-19-22(34-25(31)16-10-4-1-5-11-16)20(29)24(36-27(33)18-14-8-3-9-15-18)21(30)23(19)35-26(32)17-12-6-2-7-13-17/h1-15,19-24,28-30H/t19-,20-,21-,22-,23+,24-. The Morgan fingerprint density at radius 2 is 0.667 bits per heavy atom. The van der Waals surface area contributed by atoms with Crippen LogP contribution in [0.5, 0.6) is 0 Å². The van der Waals surface area contributed by atoms with E-state index in [1.54, 1.807) is 54.6 Å². The molecule has 0 bridgehead atoms. The smallest absolute Gasteiger partial charge is 0.338 e. The lowest BCUT2D eigenvalue weighted by Crippen LogP contribution is -2.66. The van der Waals surface area contributed by atoms with E-state index in [0.717, 1.165) is 0 Å². The minimum Gasteiger partial charge on any atom is -0.453 e. The van der Waals surface area contributed by atoms with Gasteiger partial charge in [-0.3, -0.25) is 0 Å². The number of rotatable bonds is 6. The first kappa shape index (κ1) is 25.1. The first-order valence-electron chi connectivity index (χ1n) is 11.2. The van der Waals surface area contributed by atoms with Gasteiger partial charge in [0.25, 0.3) is 0 Å². The maximum Gasteiger partial charge on any atom is 0.338 e. The van der Waals surface area contributed by atoms with Gasteiger partial charge in [0.15, 0.2) is 18.3 Å². The van der Waals surface area contributed by atoms with Crippen LogP contribution in [0.15, 0.2) is 91.0 Å². The van der Waals surface area contributed by atoms with Crippen molar-refractivity contribution in [1.82, 2.24) is 0 Å². The summed E-state index contributed by atoms with van der Waals surface area (Å²) in [6.07, 6.45) is -10.6. The van der Waals surface area contributed by atoms with Crippen LogP contribution >= 0.6 is 0 Å². The van der Waals surface area contributed by atoms with Gasteiger partial charge in [-0.15, -0.1) is 0 Å². The maximum atomic E-state index is 12.7. The highest BCUT2D eigenvalue weighted by atomic mass is 16.6. The Bertz CT molecular complexity index is 1020. The molecule has 0 spiro atoms. The van der Waals surface area contributed by atoms with Gasteiger partial charge in [0.05, 0.1) is 16.7 Å². The zero-order valence-electron chi connectivity index (χ0n) is 18.9. The second-order valence-electron chi connectivity index (χ2n) is 8.18. The van der Waals surface area contributed by atoms with Crippen LogP contribution in [-0.4, -0.2) is 69.9 Å². The number of carbonyl (C=O) groups excluding carboxylic acids is 3. The molecule has 1 saturated carbocycles. The van der Waals surface area contributed by atoms with Crippen molar-refractivity contribution in [3.8, 4) is 0 Å². The summed E-state index contributed by atoms with van der Waals surface area (Å²) in [5.74, 6) is -2.64. The Labute approximate surface area is 206 Å². The minimum absolute atomic E-state index is 0.138. The summed E-state index contributed by atoms with van der Waals surface area (Å²) in [5.41, 5.74) is 0.413. The van der Waals surface area contributed by atoms with Crippen LogP contribution in [0.25, 0.3) is 0 Å². The lowest BCUT2D eigenvalue weighted by atomic mass is 9.84. The summed E-state index contributed by atoms with van der Waals surface area (Å²) < 4.78 is 16.1. The minimum atomic E-state index is -1.83. The third-order valence-electron chi connectivity index (χ3n) is 5.78. The molecule has 3 aromatic carbocycles. The molecule has 0 unspecified atom stereocenters. The van der Waals surface area contributed by atoms with Crippen molar-refractivity contribution in [1.29, 1.82) is 0 Å². The SMILES string of the molecule is O=C(O[C@H]1[C@H](O)[C@@H](OC(=O)c2ccccc2)[C@H](O)[C@@H](OC(=O)c2ccccc2)[C@H]1O)c1ccccc1. The summed E-state index contributed by atoms with van der Waals surface area (Å²) in [5, 5.41) is 32.7. The fourth-order valence-corrected chi connectivity index (χ4v) is 3.88. The Balaban J connectivity index is 1.61. The van der Waals surface area contributed by atoms with Crippen molar-refractivity contribution in [2.75, 3.05) is 0 Å². The highest BCUT2D eigenvalue weighted by Gasteiger charge is 2.55. The molecule has 186 valence electrons. The average molecular weight is 492 g/mol. The summed E-state index contributed by atoms with van der Waals surface area (Å²) >= 11 is 0. The van der Waals surface area contributed by atoms with Crippen molar-refractivity contribution >= 4 is 17.9 Å². The van der Waals surface area contributed by atoms with Gasteiger partial charge in [0.1, 0.15) is 18.3 Å². The molecule has 0 radical (unpaired) electrons. The van der Waals surface area contributed by atoms with Gasteiger partial charge in [0, 0.05) is 0 Å². The number of ether oxygens (including phenoxy) is 3. The van der Waals surface area contributed by atoms with Crippen molar-refractivity contribution in [3.63, 3.8) is 0 Å². The lowest BCUT2D eigenvalue weighted by molar-refractivity contribution is -0.223. The Hall–Kier alpha value is -4.05. The molecule has 0 saturated heterocycles. The monoisotopic (exact) mass is 492 g/mol. The lowest BCUT2D eigenvalue weighted by Gasteiger charge is -2.43. The Morgan fingerprint density at radius 1 is 0.444 bits per heavy atom. The van der Waals surface area contributed by atoms with Gasteiger partial charge >= 0.3 is 17.9 Å². The van der Waals surface area contributed by atoms with E-state index in [2.05, 4.69) is 0 Å². The molecule has 36 heavy (non-hydrogen) atoms. The van der Waals surface area contributed by atoms with Crippen LogP contribution in [0.4, 0.5) is 0 Å². The summed E-state index contributed by atoms with van der Waals surface area (Å²) in [4.78, 5) is 38.0. The summed E-state index contributed by atoms with van der Waals surface area (Å²) in [6, 6.07) is 23.5. The number of benzene rings is 3. The molecule has 0 aromatic heterocycles. The predicted octanol–water partition coefficient (Wildman–Crippen LogP) is 1.76. The number of hydrogen-bond donors (Lipinski definition) is 3. The van der Waals surface area contributed by atoms with E-state index in [-0.39, 0.29) is 16.7 Å². The van der Waals surface area contributed by atoms with Gasteiger partial charge in [0.2, 0.25) is 0 Å². The fourth-order valence-electron chi connectivity index (χ4n) is 3.88. The Kier molecular flexibility index (Phi) is 7.74. The largest absolute Gasteiger partial charge is 0.453 e. The molecule has 9 nitrogen and oxygen atoms in total. The first-order chi connectivity index (χ1) is 17.4. The number of aliphatic hydroxyl groups is 3. The molecule has 3 N–H and O–H groups in total. The second kappa shape index (κ2) is 11.1. The molecule has 0 aliphatic heterocycles. The molecule has 0 atom stereocenters. The summed E-state index contributed by atoms with van der Waals surface area (Å²) in [6.45, 7) is 0. The van der Waals surface area contributed by atoms with Crippen LogP contribution in [0.2, 0.25) is 0 Å². The van der Waals surface area contributed by atoms with Gasteiger partial charge in [-0.1, -0.05) is 54.6 Å². The van der Waals surface area contributed by atoms with Gasteiger partial charge in [-0.05, 0) is 36.4 Å². The van der Waals surface area contributed by atoms with Crippen molar-refractivity contribution in [2.45, 2.75) is 36.6 Å². The van der Waals surface area contributed by atoms with Crippen LogP contribution in [0.3, 0.4) is 0 Å². The van der Waals surface area contributed by atoms with Crippen LogP contribution < -0.4 is 0 Å². The molecule has 9 heteroatoms. The predicted molar refractivity (Wildman–Crippen MR) is 125 cm³/mol. The highest BCUT2D eigenvalue weighted by Crippen LogP contribution is 2.30. The fraction of sp³-hybridized carbons (Fsp3) is 0.222. The molecular formula is C27H24O9. The average Bonchev–Trinajstić information content (AvgIpc) is 2.92. The van der Waals surface area contributed by atoms with Crippen molar-refractivity contribution in [2.24, 2.45) is 0 Å². The van der Waals surface area contributed by atoms with E-state index in [0.29, 0.717) is 0 Å². The molecule has 1 aliphatic carbocycles. The maximum absolute atomic E-state index is 12.7. The van der Waals surface area contributed by atoms with Crippen LogP contribution in [-0.2, 0) is 14.2 Å². The van der Waals surface area contributed by atoms with Crippen molar-refractivity contribution in [3.05, 3.63) is 108 Å². The third-order valence-corrected chi connectivity index (χ3v) is 5.78. The molecule has 0 amide bonds. The van der Waals surface area contributed by atoms with E-state index in [1.807, 2.05) is 0 Å². The third kappa shape index (κ3) is 5.44. The van der Waals surface area contributed by atoms with E-state index in [4.69, 9.17) is 14.2 Å². The zero-order chi connectivity index (χ0) is 25.7. The van der Waals surface area contributed by atoms with Crippen LogP contribution in [0.1, 0.15) is 31.1 Å². The van der Waals surface area contributed by atoms with Gasteiger partial charge < -0.3 is 29.5 Å².